The fourth-order valence-electron chi connectivity index (χ4n) is 2.44. The Morgan fingerprint density at radius 3 is 2.38 bits per heavy atom. The summed E-state index contributed by atoms with van der Waals surface area (Å²) >= 11 is 0. The number of nitrogens with two attached hydrogens (primary N) is 1. The molecule has 0 bridgehead atoms. The van der Waals surface area contributed by atoms with Crippen LogP contribution >= 0.6 is 0 Å². The zero-order chi connectivity index (χ0) is 17.9. The van der Waals surface area contributed by atoms with Crippen molar-refractivity contribution in [3.8, 4) is 5.69 Å². The van der Waals surface area contributed by atoms with Gasteiger partial charge in [-0.25, -0.2) is 9.59 Å². The molecule has 0 spiro atoms. The molecular weight excluding hydrogens is 310 g/mol. The molecule has 3 N–H and O–H groups in total. The summed E-state index contributed by atoms with van der Waals surface area (Å²) in [6.45, 7) is 5.04. The van der Waals surface area contributed by atoms with E-state index in [0.717, 1.165) is 11.4 Å². The monoisotopic (exact) mass is 329 g/mol. The molecule has 1 heterocycles. The third-order valence-electron chi connectivity index (χ3n) is 3.56. The van der Waals surface area contributed by atoms with Gasteiger partial charge < -0.3 is 15.0 Å². The molecule has 0 aliphatic heterocycles. The number of carbonyl (C=O) groups excluding carboxylic acids is 3. The first-order valence-electron chi connectivity index (χ1n) is 7.37. The lowest BCUT2D eigenvalue weighted by Crippen LogP contribution is -2.42. The summed E-state index contributed by atoms with van der Waals surface area (Å²) in [4.78, 5) is 34.6. The predicted octanol–water partition coefficient (Wildman–Crippen LogP) is 1.83. The Morgan fingerprint density at radius 2 is 1.79 bits per heavy atom. The van der Waals surface area contributed by atoms with Gasteiger partial charge >= 0.3 is 12.0 Å². The molecular formula is C17H19N3O4. The van der Waals surface area contributed by atoms with Crippen molar-refractivity contribution < 1.29 is 19.1 Å². The van der Waals surface area contributed by atoms with Crippen LogP contribution in [-0.2, 0) is 9.53 Å². The summed E-state index contributed by atoms with van der Waals surface area (Å²) in [5.41, 5.74) is 7.71. The molecule has 0 aliphatic rings. The van der Waals surface area contributed by atoms with Gasteiger partial charge in [0.2, 0.25) is 0 Å². The number of aromatic nitrogens is 1. The van der Waals surface area contributed by atoms with Gasteiger partial charge in [0.25, 0.3) is 5.91 Å². The summed E-state index contributed by atoms with van der Waals surface area (Å²) in [5.74, 6) is -1.41. The molecule has 0 saturated heterocycles. The first-order valence-corrected chi connectivity index (χ1v) is 7.37. The Hall–Kier alpha value is -3.09. The van der Waals surface area contributed by atoms with E-state index >= 15 is 0 Å². The first-order chi connectivity index (χ1) is 11.3. The van der Waals surface area contributed by atoms with Gasteiger partial charge in [-0.2, -0.15) is 0 Å². The Morgan fingerprint density at radius 1 is 1.17 bits per heavy atom. The predicted molar refractivity (Wildman–Crippen MR) is 87.8 cm³/mol. The second-order valence-corrected chi connectivity index (χ2v) is 5.36. The lowest BCUT2D eigenvalue weighted by Gasteiger charge is -2.12. The summed E-state index contributed by atoms with van der Waals surface area (Å²) in [6.07, 6.45) is -1.13. The normalized spacial score (nSPS) is 11.6. The highest BCUT2D eigenvalue weighted by atomic mass is 16.5. The van der Waals surface area contributed by atoms with Crippen LogP contribution in [0.25, 0.3) is 5.69 Å². The molecule has 1 aromatic carbocycles. The number of nitrogens with one attached hydrogen (secondary N) is 1. The third kappa shape index (κ3) is 3.62. The van der Waals surface area contributed by atoms with Gasteiger partial charge in [0.1, 0.15) is 0 Å². The number of esters is 1. The summed E-state index contributed by atoms with van der Waals surface area (Å²) in [5, 5.41) is 1.87. The van der Waals surface area contributed by atoms with Crippen LogP contribution < -0.4 is 11.1 Å². The number of hydrogen-bond acceptors (Lipinski definition) is 4. The number of benzene rings is 1. The third-order valence-corrected chi connectivity index (χ3v) is 3.56. The van der Waals surface area contributed by atoms with Gasteiger partial charge in [0, 0.05) is 17.1 Å². The first kappa shape index (κ1) is 17.3. The van der Waals surface area contributed by atoms with Crippen molar-refractivity contribution in [3.63, 3.8) is 0 Å². The van der Waals surface area contributed by atoms with E-state index in [1.54, 1.807) is 13.0 Å². The zero-order valence-electron chi connectivity index (χ0n) is 13.7. The van der Waals surface area contributed by atoms with Gasteiger partial charge in [0.15, 0.2) is 6.10 Å². The molecule has 1 atom stereocenters. The maximum absolute atomic E-state index is 12.3. The number of urea groups is 1. The maximum Gasteiger partial charge on any atom is 0.340 e. The molecule has 0 aliphatic carbocycles. The van der Waals surface area contributed by atoms with Crippen LogP contribution in [0, 0.1) is 13.8 Å². The molecule has 2 rings (SSSR count). The van der Waals surface area contributed by atoms with E-state index in [9.17, 15) is 14.4 Å². The Balaban J connectivity index is 2.22. The summed E-state index contributed by atoms with van der Waals surface area (Å²) in [6, 6.07) is 10.3. The second kappa shape index (κ2) is 6.99. The molecule has 24 heavy (non-hydrogen) atoms. The minimum absolute atomic E-state index is 0.357. The highest BCUT2D eigenvalue weighted by Gasteiger charge is 2.23. The average molecular weight is 329 g/mol. The van der Waals surface area contributed by atoms with Crippen molar-refractivity contribution in [1.29, 1.82) is 0 Å². The number of rotatable bonds is 4. The van der Waals surface area contributed by atoms with E-state index in [4.69, 9.17) is 10.5 Å². The SMILES string of the molecule is Cc1cc(C(=O)OC(C)C(=O)NC(N)=O)c(C)n1-c1ccccc1. The lowest BCUT2D eigenvalue weighted by molar-refractivity contribution is -0.127. The maximum atomic E-state index is 12.3. The molecule has 1 unspecified atom stereocenters. The lowest BCUT2D eigenvalue weighted by atomic mass is 10.2. The van der Waals surface area contributed by atoms with Crippen LogP contribution in [0.15, 0.2) is 36.4 Å². The molecule has 126 valence electrons. The number of primary amides is 1. The smallest absolute Gasteiger partial charge is 0.340 e. The fraction of sp³-hybridized carbons (Fsp3) is 0.235. The number of amides is 3. The Kier molecular flexibility index (Phi) is 5.03. The minimum Gasteiger partial charge on any atom is -0.449 e. The highest BCUT2D eigenvalue weighted by Crippen LogP contribution is 2.21. The average Bonchev–Trinajstić information content (AvgIpc) is 2.82. The molecule has 7 heteroatoms. The van der Waals surface area contributed by atoms with E-state index in [1.165, 1.54) is 6.92 Å². The van der Waals surface area contributed by atoms with E-state index in [2.05, 4.69) is 0 Å². The van der Waals surface area contributed by atoms with Crippen LogP contribution in [0.3, 0.4) is 0 Å². The number of hydrogen-bond donors (Lipinski definition) is 2. The molecule has 7 nitrogen and oxygen atoms in total. The standard InChI is InChI=1S/C17H19N3O4/c1-10-9-14(11(2)20(10)13-7-5-4-6-8-13)16(22)24-12(3)15(21)19-17(18)23/h4-9,12H,1-3H3,(H3,18,19,21,23). The van der Waals surface area contributed by atoms with Crippen LogP contribution in [0.1, 0.15) is 28.7 Å². The number of para-hydroxylation sites is 1. The van der Waals surface area contributed by atoms with Crippen LogP contribution in [0.4, 0.5) is 4.79 Å². The quantitative estimate of drug-likeness (QED) is 0.835. The van der Waals surface area contributed by atoms with Gasteiger partial charge in [-0.05, 0) is 39.0 Å². The van der Waals surface area contributed by atoms with Crippen molar-refractivity contribution in [2.75, 3.05) is 0 Å². The number of nitrogens with zero attached hydrogens (tertiary/aromatic N) is 1. The fourth-order valence-corrected chi connectivity index (χ4v) is 2.44. The number of carbonyl (C=O) groups is 3. The van der Waals surface area contributed by atoms with Crippen molar-refractivity contribution in [2.45, 2.75) is 26.9 Å². The van der Waals surface area contributed by atoms with Gasteiger partial charge in [-0.15, -0.1) is 0 Å². The number of ether oxygens (including phenoxy) is 1. The Labute approximate surface area is 139 Å². The zero-order valence-corrected chi connectivity index (χ0v) is 13.7. The second-order valence-electron chi connectivity index (χ2n) is 5.36. The van der Waals surface area contributed by atoms with Crippen molar-refractivity contribution in [2.24, 2.45) is 5.73 Å². The van der Waals surface area contributed by atoms with Gasteiger partial charge in [0.05, 0.1) is 5.56 Å². The molecule has 0 radical (unpaired) electrons. The molecule has 1 aromatic heterocycles. The van der Waals surface area contributed by atoms with E-state index in [1.807, 2.05) is 47.1 Å². The van der Waals surface area contributed by atoms with Gasteiger partial charge in [-0.1, -0.05) is 18.2 Å². The largest absolute Gasteiger partial charge is 0.449 e. The van der Waals surface area contributed by atoms with Crippen LogP contribution in [0.2, 0.25) is 0 Å². The number of imide groups is 1. The van der Waals surface area contributed by atoms with E-state index in [-0.39, 0.29) is 0 Å². The van der Waals surface area contributed by atoms with Crippen molar-refractivity contribution >= 4 is 17.9 Å². The van der Waals surface area contributed by atoms with E-state index < -0.39 is 24.0 Å². The highest BCUT2D eigenvalue weighted by molar-refractivity contribution is 5.98. The number of aryl methyl sites for hydroxylation is 1. The topological polar surface area (TPSA) is 103 Å². The molecule has 0 fully saturated rings. The summed E-state index contributed by atoms with van der Waals surface area (Å²) in [7, 11) is 0. The molecule has 2 aromatic rings. The van der Waals surface area contributed by atoms with Gasteiger partial charge in [-0.3, -0.25) is 10.1 Å². The van der Waals surface area contributed by atoms with Crippen LogP contribution in [0.5, 0.6) is 0 Å². The summed E-state index contributed by atoms with van der Waals surface area (Å²) < 4.78 is 7.03. The van der Waals surface area contributed by atoms with E-state index in [0.29, 0.717) is 11.3 Å². The molecule has 3 amide bonds. The van der Waals surface area contributed by atoms with Crippen molar-refractivity contribution in [3.05, 3.63) is 53.3 Å². The van der Waals surface area contributed by atoms with Crippen LogP contribution in [-0.4, -0.2) is 28.6 Å². The Bertz CT molecular complexity index is 781. The molecule has 0 saturated carbocycles. The van der Waals surface area contributed by atoms with Crippen molar-refractivity contribution in [1.82, 2.24) is 9.88 Å². The minimum atomic E-state index is -1.13.